The zero-order valence-corrected chi connectivity index (χ0v) is 9.37. The monoisotopic (exact) mass is 214 g/mol. The smallest absolute Gasteiger partial charge is 0.176 e. The summed E-state index contributed by atoms with van der Waals surface area (Å²) in [6, 6.07) is 0. The molecular weight excluding hydrogens is 196 g/mol. The number of thiol groups is 1. The van der Waals surface area contributed by atoms with Gasteiger partial charge in [-0.15, -0.1) is 0 Å². The number of aliphatic hydroxyl groups is 1. The van der Waals surface area contributed by atoms with Crippen molar-refractivity contribution in [1.29, 1.82) is 5.26 Å². The summed E-state index contributed by atoms with van der Waals surface area (Å²) < 4.78 is 0. The van der Waals surface area contributed by atoms with Crippen LogP contribution in [-0.4, -0.2) is 23.0 Å². The molecule has 0 radical (unpaired) electrons. The first-order valence-corrected chi connectivity index (χ1v) is 5.38. The van der Waals surface area contributed by atoms with Gasteiger partial charge in [-0.05, 0) is 19.3 Å². The molecule has 0 saturated heterocycles. The standard InChI is InChI=1S/C6H10OS.C4H8N2/c7-5-1-3-6(8)4-2-5;1-2-3-6-4-5/h1,3,5-8H,2,4H2;6H,2-3H2,1H3/t5-,6?;/m1./s1. The van der Waals surface area contributed by atoms with Gasteiger partial charge in [0, 0.05) is 11.8 Å². The van der Waals surface area contributed by atoms with Gasteiger partial charge in [0.15, 0.2) is 6.19 Å². The Kier molecular flexibility index (Phi) is 8.50. The third-order valence-electron chi connectivity index (χ3n) is 1.77. The van der Waals surface area contributed by atoms with Crippen LogP contribution < -0.4 is 5.32 Å². The highest BCUT2D eigenvalue weighted by atomic mass is 32.1. The van der Waals surface area contributed by atoms with E-state index in [9.17, 15) is 0 Å². The molecule has 0 aromatic heterocycles. The minimum absolute atomic E-state index is 0.210. The summed E-state index contributed by atoms with van der Waals surface area (Å²) in [6.07, 6.45) is 8.25. The second-order valence-electron chi connectivity index (χ2n) is 3.14. The topological polar surface area (TPSA) is 56.0 Å². The summed E-state index contributed by atoms with van der Waals surface area (Å²) >= 11 is 4.20. The van der Waals surface area contributed by atoms with Gasteiger partial charge in [-0.25, -0.2) is 0 Å². The first-order chi connectivity index (χ1) is 6.70. The molecule has 0 heterocycles. The second kappa shape index (κ2) is 8.92. The van der Waals surface area contributed by atoms with Gasteiger partial charge in [-0.1, -0.05) is 19.1 Å². The largest absolute Gasteiger partial charge is 0.389 e. The van der Waals surface area contributed by atoms with Gasteiger partial charge in [0.25, 0.3) is 0 Å². The number of hydrogen-bond acceptors (Lipinski definition) is 4. The maximum absolute atomic E-state index is 8.91. The van der Waals surface area contributed by atoms with Gasteiger partial charge in [-0.3, -0.25) is 0 Å². The molecule has 14 heavy (non-hydrogen) atoms. The molecule has 3 nitrogen and oxygen atoms in total. The van der Waals surface area contributed by atoms with Crippen molar-refractivity contribution in [2.45, 2.75) is 37.5 Å². The maximum Gasteiger partial charge on any atom is 0.176 e. The second-order valence-corrected chi connectivity index (χ2v) is 3.80. The van der Waals surface area contributed by atoms with E-state index >= 15 is 0 Å². The molecule has 0 aromatic rings. The van der Waals surface area contributed by atoms with E-state index in [1.54, 1.807) is 6.08 Å². The number of hydrogen-bond donors (Lipinski definition) is 3. The fraction of sp³-hybridized carbons (Fsp3) is 0.700. The quantitative estimate of drug-likeness (QED) is 0.214. The molecule has 0 fully saturated rings. The third kappa shape index (κ3) is 7.96. The molecule has 0 bridgehead atoms. The van der Waals surface area contributed by atoms with Gasteiger partial charge >= 0.3 is 0 Å². The van der Waals surface area contributed by atoms with Crippen LogP contribution in [0.1, 0.15) is 26.2 Å². The molecule has 80 valence electrons. The molecule has 1 aliphatic rings. The first-order valence-electron chi connectivity index (χ1n) is 4.87. The molecule has 1 unspecified atom stereocenters. The summed E-state index contributed by atoms with van der Waals surface area (Å²) in [7, 11) is 0. The maximum atomic E-state index is 8.91. The highest BCUT2D eigenvalue weighted by Gasteiger charge is 2.08. The van der Waals surface area contributed by atoms with E-state index in [1.807, 2.05) is 19.2 Å². The van der Waals surface area contributed by atoms with Crippen molar-refractivity contribution in [1.82, 2.24) is 5.32 Å². The van der Waals surface area contributed by atoms with Gasteiger partial charge in [0.2, 0.25) is 0 Å². The zero-order chi connectivity index (χ0) is 10.8. The predicted molar refractivity (Wildman–Crippen MR) is 61.1 cm³/mol. The highest BCUT2D eigenvalue weighted by molar-refractivity contribution is 7.81. The number of rotatable bonds is 2. The lowest BCUT2D eigenvalue weighted by Crippen LogP contribution is -2.11. The molecule has 0 saturated carbocycles. The van der Waals surface area contributed by atoms with Crippen molar-refractivity contribution < 1.29 is 5.11 Å². The van der Waals surface area contributed by atoms with Crippen molar-refractivity contribution in [3.05, 3.63) is 12.2 Å². The number of nitrogens with one attached hydrogen (secondary N) is 1. The van der Waals surface area contributed by atoms with Gasteiger partial charge < -0.3 is 10.4 Å². The Morgan fingerprint density at radius 2 is 2.29 bits per heavy atom. The Balaban J connectivity index is 0.000000255. The van der Waals surface area contributed by atoms with Gasteiger partial charge in [0.1, 0.15) is 0 Å². The van der Waals surface area contributed by atoms with Crippen LogP contribution in [0, 0.1) is 11.5 Å². The minimum atomic E-state index is -0.210. The number of nitrogens with zero attached hydrogens (tertiary/aromatic N) is 1. The molecule has 2 atom stereocenters. The average Bonchev–Trinajstić information content (AvgIpc) is 2.20. The van der Waals surface area contributed by atoms with Crippen LogP contribution in [0.5, 0.6) is 0 Å². The van der Waals surface area contributed by atoms with Crippen LogP contribution in [0.4, 0.5) is 0 Å². The van der Waals surface area contributed by atoms with Crippen molar-refractivity contribution in [3.8, 4) is 6.19 Å². The van der Waals surface area contributed by atoms with Crippen LogP contribution in [0.15, 0.2) is 12.2 Å². The van der Waals surface area contributed by atoms with Gasteiger partial charge in [0.05, 0.1) is 6.10 Å². The fourth-order valence-corrected chi connectivity index (χ4v) is 1.22. The van der Waals surface area contributed by atoms with Crippen LogP contribution in [0.25, 0.3) is 0 Å². The first kappa shape index (κ1) is 13.3. The molecule has 0 aromatic carbocycles. The van der Waals surface area contributed by atoms with E-state index in [0.29, 0.717) is 5.25 Å². The summed E-state index contributed by atoms with van der Waals surface area (Å²) in [4.78, 5) is 0. The average molecular weight is 214 g/mol. The Labute approximate surface area is 91.2 Å². The molecular formula is C10H18N2OS. The van der Waals surface area contributed by atoms with E-state index in [-0.39, 0.29) is 6.10 Å². The predicted octanol–water partition coefficient (Wildman–Crippen LogP) is 1.46. The van der Waals surface area contributed by atoms with Crippen molar-refractivity contribution >= 4 is 12.6 Å². The Morgan fingerprint density at radius 3 is 2.57 bits per heavy atom. The van der Waals surface area contributed by atoms with Crippen molar-refractivity contribution in [3.63, 3.8) is 0 Å². The Bertz CT molecular complexity index is 189. The van der Waals surface area contributed by atoms with E-state index in [0.717, 1.165) is 25.8 Å². The van der Waals surface area contributed by atoms with Crippen molar-refractivity contribution in [2.75, 3.05) is 6.54 Å². The van der Waals surface area contributed by atoms with E-state index in [2.05, 4.69) is 17.9 Å². The zero-order valence-electron chi connectivity index (χ0n) is 8.48. The fourth-order valence-electron chi connectivity index (χ4n) is 0.971. The van der Waals surface area contributed by atoms with E-state index < -0.39 is 0 Å². The van der Waals surface area contributed by atoms with Crippen molar-refractivity contribution in [2.24, 2.45) is 0 Å². The lowest BCUT2D eigenvalue weighted by molar-refractivity contribution is 0.205. The lowest BCUT2D eigenvalue weighted by atomic mass is 10.1. The summed E-state index contributed by atoms with van der Waals surface area (Å²) in [6.45, 7) is 2.82. The molecule has 0 amide bonds. The molecule has 2 N–H and O–H groups in total. The normalized spacial score (nSPS) is 24.4. The molecule has 4 heteroatoms. The third-order valence-corrected chi connectivity index (χ3v) is 2.20. The molecule has 0 aliphatic heterocycles. The molecule has 1 rings (SSSR count). The van der Waals surface area contributed by atoms with Gasteiger partial charge in [-0.2, -0.15) is 17.9 Å². The lowest BCUT2D eigenvalue weighted by Gasteiger charge is -2.13. The molecule has 0 spiro atoms. The summed E-state index contributed by atoms with van der Waals surface area (Å²) in [5, 5.41) is 19.6. The number of aliphatic hydroxyl groups excluding tert-OH is 1. The van der Waals surface area contributed by atoms with E-state index in [4.69, 9.17) is 10.4 Å². The van der Waals surface area contributed by atoms with Crippen LogP contribution >= 0.6 is 12.6 Å². The van der Waals surface area contributed by atoms with Crippen LogP contribution in [0.2, 0.25) is 0 Å². The minimum Gasteiger partial charge on any atom is -0.389 e. The Hall–Kier alpha value is -0.660. The number of nitriles is 1. The summed E-state index contributed by atoms with van der Waals surface area (Å²) in [5.41, 5.74) is 0. The Morgan fingerprint density at radius 1 is 1.57 bits per heavy atom. The summed E-state index contributed by atoms with van der Waals surface area (Å²) in [5.74, 6) is 0. The van der Waals surface area contributed by atoms with Crippen LogP contribution in [0.3, 0.4) is 0 Å². The van der Waals surface area contributed by atoms with Crippen LogP contribution in [-0.2, 0) is 0 Å². The van der Waals surface area contributed by atoms with E-state index in [1.165, 1.54) is 0 Å². The molecule has 1 aliphatic carbocycles. The highest BCUT2D eigenvalue weighted by Crippen LogP contribution is 2.14. The SMILES string of the molecule is CCCNC#N.O[C@@H]1C=CC(S)CC1.